The van der Waals surface area contributed by atoms with Crippen LogP contribution in [0.15, 0.2) is 18.2 Å². The second-order valence-electron chi connectivity index (χ2n) is 5.20. The van der Waals surface area contributed by atoms with E-state index in [4.69, 9.17) is 11.6 Å². The molecule has 2 rings (SSSR count). The van der Waals surface area contributed by atoms with Gasteiger partial charge in [0.15, 0.2) is 0 Å². The molecule has 0 saturated carbocycles. The molecular weight excluding hydrogens is 244 g/mol. The van der Waals surface area contributed by atoms with E-state index < -0.39 is 0 Å². The van der Waals surface area contributed by atoms with Gasteiger partial charge >= 0.3 is 0 Å². The summed E-state index contributed by atoms with van der Waals surface area (Å²) >= 11 is 6.41. The fourth-order valence-electron chi connectivity index (χ4n) is 2.55. The van der Waals surface area contributed by atoms with Gasteiger partial charge in [-0.15, -0.1) is 0 Å². The number of hydrogen-bond acceptors (Lipinski definition) is 2. The number of benzene rings is 1. The number of nitrogens with one attached hydrogen (secondary N) is 1. The lowest BCUT2D eigenvalue weighted by Gasteiger charge is -2.34. The fourth-order valence-corrected chi connectivity index (χ4v) is 2.86. The Morgan fingerprint density at radius 2 is 2.06 bits per heavy atom. The molecule has 0 aliphatic carbocycles. The summed E-state index contributed by atoms with van der Waals surface area (Å²) < 4.78 is 0. The lowest BCUT2D eigenvalue weighted by atomic mass is 9.98. The fraction of sp³-hybridized carbons (Fsp3) is 0.600. The number of halogens is 1. The van der Waals surface area contributed by atoms with Gasteiger partial charge in [-0.1, -0.05) is 37.6 Å². The van der Waals surface area contributed by atoms with Gasteiger partial charge in [0.1, 0.15) is 0 Å². The van der Waals surface area contributed by atoms with E-state index in [9.17, 15) is 0 Å². The Labute approximate surface area is 115 Å². The SMILES string of the molecule is CCNCc1cccc(Cl)c1N1CCC(C)CC1. The van der Waals surface area contributed by atoms with Gasteiger partial charge in [-0.25, -0.2) is 0 Å². The van der Waals surface area contributed by atoms with Crippen LogP contribution in [-0.4, -0.2) is 19.6 Å². The third-order valence-corrected chi connectivity index (χ3v) is 4.04. The van der Waals surface area contributed by atoms with Crippen LogP contribution < -0.4 is 10.2 Å². The summed E-state index contributed by atoms with van der Waals surface area (Å²) in [5, 5.41) is 4.28. The molecule has 1 aliphatic heterocycles. The zero-order chi connectivity index (χ0) is 13.0. The van der Waals surface area contributed by atoms with Crippen molar-refractivity contribution < 1.29 is 0 Å². The molecule has 0 aromatic heterocycles. The zero-order valence-corrected chi connectivity index (χ0v) is 12.1. The largest absolute Gasteiger partial charge is 0.370 e. The molecule has 2 nitrogen and oxygen atoms in total. The van der Waals surface area contributed by atoms with Crippen LogP contribution in [0.1, 0.15) is 32.3 Å². The van der Waals surface area contributed by atoms with Crippen molar-refractivity contribution in [2.75, 3.05) is 24.5 Å². The molecule has 1 N–H and O–H groups in total. The molecule has 18 heavy (non-hydrogen) atoms. The summed E-state index contributed by atoms with van der Waals surface area (Å²) in [5.41, 5.74) is 2.56. The third kappa shape index (κ3) is 3.18. The Bertz CT molecular complexity index is 384. The van der Waals surface area contributed by atoms with Gasteiger partial charge in [-0.2, -0.15) is 0 Å². The molecule has 0 bridgehead atoms. The van der Waals surface area contributed by atoms with Crippen LogP contribution in [0.5, 0.6) is 0 Å². The summed E-state index contributed by atoms with van der Waals surface area (Å²) in [6.45, 7) is 8.62. The number of piperidine rings is 1. The molecule has 3 heteroatoms. The summed E-state index contributed by atoms with van der Waals surface area (Å²) in [4.78, 5) is 2.45. The van der Waals surface area contributed by atoms with Crippen molar-refractivity contribution in [2.45, 2.75) is 33.2 Å². The van der Waals surface area contributed by atoms with Crippen LogP contribution in [0.3, 0.4) is 0 Å². The highest BCUT2D eigenvalue weighted by atomic mass is 35.5. The quantitative estimate of drug-likeness (QED) is 0.894. The van der Waals surface area contributed by atoms with Gasteiger partial charge in [-0.05, 0) is 36.9 Å². The lowest BCUT2D eigenvalue weighted by molar-refractivity contribution is 0.438. The van der Waals surface area contributed by atoms with Crippen LogP contribution in [0.25, 0.3) is 0 Å². The van der Waals surface area contributed by atoms with E-state index in [-0.39, 0.29) is 0 Å². The van der Waals surface area contributed by atoms with Gasteiger partial charge in [0.2, 0.25) is 0 Å². The molecule has 1 fully saturated rings. The third-order valence-electron chi connectivity index (χ3n) is 3.74. The molecular formula is C15H23ClN2. The first-order valence-corrected chi connectivity index (χ1v) is 7.33. The Hall–Kier alpha value is -0.730. The molecule has 1 aromatic carbocycles. The summed E-state index contributed by atoms with van der Waals surface area (Å²) in [7, 11) is 0. The number of anilines is 1. The molecule has 0 spiro atoms. The standard InChI is InChI=1S/C15H23ClN2/c1-3-17-11-13-5-4-6-14(16)15(13)18-9-7-12(2)8-10-18/h4-6,12,17H,3,7-11H2,1-2H3. The predicted octanol–water partition coefficient (Wildman–Crippen LogP) is 3.69. The van der Waals surface area contributed by atoms with E-state index in [1.807, 2.05) is 12.1 Å². The highest BCUT2D eigenvalue weighted by Gasteiger charge is 2.20. The second kappa shape index (κ2) is 6.44. The second-order valence-corrected chi connectivity index (χ2v) is 5.60. The van der Waals surface area contributed by atoms with E-state index in [1.165, 1.54) is 24.1 Å². The normalized spacial score (nSPS) is 17.2. The van der Waals surface area contributed by atoms with Crippen molar-refractivity contribution >= 4 is 17.3 Å². The topological polar surface area (TPSA) is 15.3 Å². The average molecular weight is 267 g/mol. The molecule has 1 aromatic rings. The first kappa shape index (κ1) is 13.7. The monoisotopic (exact) mass is 266 g/mol. The average Bonchev–Trinajstić information content (AvgIpc) is 2.38. The smallest absolute Gasteiger partial charge is 0.0642 e. The lowest BCUT2D eigenvalue weighted by Crippen LogP contribution is -2.34. The van der Waals surface area contributed by atoms with Crippen molar-refractivity contribution in [3.05, 3.63) is 28.8 Å². The Kier molecular flexibility index (Phi) is 4.90. The zero-order valence-electron chi connectivity index (χ0n) is 11.4. The number of para-hydroxylation sites is 1. The summed E-state index contributed by atoms with van der Waals surface area (Å²) in [6, 6.07) is 6.23. The van der Waals surface area contributed by atoms with Gasteiger partial charge in [0, 0.05) is 19.6 Å². The van der Waals surface area contributed by atoms with Crippen LogP contribution in [0.2, 0.25) is 5.02 Å². The predicted molar refractivity (Wildman–Crippen MR) is 79.4 cm³/mol. The molecule has 0 amide bonds. The Morgan fingerprint density at radius 1 is 1.33 bits per heavy atom. The maximum Gasteiger partial charge on any atom is 0.0642 e. The van der Waals surface area contributed by atoms with Crippen LogP contribution in [0, 0.1) is 5.92 Å². The molecule has 0 atom stereocenters. The van der Waals surface area contributed by atoms with E-state index in [2.05, 4.69) is 30.1 Å². The summed E-state index contributed by atoms with van der Waals surface area (Å²) in [6.07, 6.45) is 2.54. The van der Waals surface area contributed by atoms with Gasteiger partial charge in [-0.3, -0.25) is 0 Å². The van der Waals surface area contributed by atoms with Crippen LogP contribution in [-0.2, 0) is 6.54 Å². The van der Waals surface area contributed by atoms with Crippen molar-refractivity contribution in [2.24, 2.45) is 5.92 Å². The minimum atomic E-state index is 0.848. The van der Waals surface area contributed by atoms with Crippen molar-refractivity contribution in [3.8, 4) is 0 Å². The minimum Gasteiger partial charge on any atom is -0.370 e. The van der Waals surface area contributed by atoms with Crippen molar-refractivity contribution in [1.82, 2.24) is 5.32 Å². The van der Waals surface area contributed by atoms with Gasteiger partial charge in [0.25, 0.3) is 0 Å². The van der Waals surface area contributed by atoms with E-state index in [0.29, 0.717) is 0 Å². The first-order chi connectivity index (χ1) is 8.72. The molecule has 0 unspecified atom stereocenters. The maximum absolute atomic E-state index is 6.41. The molecule has 1 aliphatic rings. The molecule has 1 saturated heterocycles. The summed E-state index contributed by atoms with van der Waals surface area (Å²) in [5.74, 6) is 0.848. The molecule has 0 radical (unpaired) electrons. The maximum atomic E-state index is 6.41. The van der Waals surface area contributed by atoms with Gasteiger partial charge in [0.05, 0.1) is 10.7 Å². The Morgan fingerprint density at radius 3 is 2.72 bits per heavy atom. The first-order valence-electron chi connectivity index (χ1n) is 6.95. The highest BCUT2D eigenvalue weighted by Crippen LogP contribution is 2.32. The Balaban J connectivity index is 2.19. The molecule has 100 valence electrons. The van der Waals surface area contributed by atoms with E-state index >= 15 is 0 Å². The minimum absolute atomic E-state index is 0.848. The number of nitrogens with zero attached hydrogens (tertiary/aromatic N) is 1. The number of hydrogen-bond donors (Lipinski definition) is 1. The van der Waals surface area contributed by atoms with Crippen molar-refractivity contribution in [3.63, 3.8) is 0 Å². The van der Waals surface area contributed by atoms with E-state index in [1.54, 1.807) is 0 Å². The van der Waals surface area contributed by atoms with Crippen molar-refractivity contribution in [1.29, 1.82) is 0 Å². The highest BCUT2D eigenvalue weighted by molar-refractivity contribution is 6.33. The van der Waals surface area contributed by atoms with Gasteiger partial charge < -0.3 is 10.2 Å². The van der Waals surface area contributed by atoms with E-state index in [0.717, 1.165) is 37.1 Å². The molecule has 1 heterocycles. The van der Waals surface area contributed by atoms with Crippen LogP contribution >= 0.6 is 11.6 Å². The van der Waals surface area contributed by atoms with Crippen LogP contribution in [0.4, 0.5) is 5.69 Å². The number of rotatable bonds is 4.